The van der Waals surface area contributed by atoms with E-state index in [0.29, 0.717) is 16.7 Å². The molecule has 11 nitrogen and oxygen atoms in total. The van der Waals surface area contributed by atoms with Gasteiger partial charge in [-0.05, 0) is 52.3 Å². The number of ether oxygens (including phenoxy) is 3. The van der Waals surface area contributed by atoms with Gasteiger partial charge in [-0.2, -0.15) is 0 Å². The van der Waals surface area contributed by atoms with Crippen molar-refractivity contribution in [2.75, 3.05) is 32.8 Å². The third kappa shape index (κ3) is 6.80. The summed E-state index contributed by atoms with van der Waals surface area (Å²) >= 11 is 0. The molecule has 2 unspecified atom stereocenters. The largest absolute Gasteiger partial charge is 0.510 e. The summed E-state index contributed by atoms with van der Waals surface area (Å²) in [4.78, 5) is 37.7. The maximum absolute atomic E-state index is 13.2. The first-order valence-electron chi connectivity index (χ1n) is 12.4. The van der Waals surface area contributed by atoms with Gasteiger partial charge in [0, 0.05) is 25.2 Å². The highest BCUT2D eigenvalue weighted by atomic mass is 16.7. The minimum absolute atomic E-state index is 0.0136. The molecule has 1 aliphatic heterocycles. The molecule has 200 valence electrons. The van der Waals surface area contributed by atoms with Crippen LogP contribution in [0.4, 0.5) is 5.69 Å². The molecule has 0 saturated carbocycles. The Morgan fingerprint density at radius 1 is 1.17 bits per heavy atom. The van der Waals surface area contributed by atoms with Crippen LogP contribution in [0.25, 0.3) is 0 Å². The molecule has 1 saturated heterocycles. The highest BCUT2D eigenvalue weighted by molar-refractivity contribution is 5.97. The van der Waals surface area contributed by atoms with E-state index in [1.165, 1.54) is 29.2 Å². The van der Waals surface area contributed by atoms with E-state index in [9.17, 15) is 24.8 Å². The molecule has 2 atom stereocenters. The predicted molar refractivity (Wildman–Crippen MR) is 131 cm³/mol. The number of non-ortho nitro benzene ring substituents is 1. The Balaban J connectivity index is 2.29. The van der Waals surface area contributed by atoms with Crippen LogP contribution in [0, 0.1) is 10.1 Å². The van der Waals surface area contributed by atoms with Gasteiger partial charge in [-0.1, -0.05) is 0 Å². The number of carbonyl (C=O) groups excluding carboxylic acids is 2. The molecule has 2 rings (SSSR count). The molecule has 1 N–H and O–H groups in total. The summed E-state index contributed by atoms with van der Waals surface area (Å²) in [6.07, 6.45) is -0.534. The van der Waals surface area contributed by atoms with E-state index >= 15 is 0 Å². The summed E-state index contributed by atoms with van der Waals surface area (Å²) in [6.45, 7) is 12.3. The van der Waals surface area contributed by atoms with Crippen molar-refractivity contribution in [1.29, 1.82) is 0 Å². The lowest BCUT2D eigenvalue weighted by atomic mass is 10.0. The van der Waals surface area contributed by atoms with Crippen molar-refractivity contribution in [3.8, 4) is 0 Å². The van der Waals surface area contributed by atoms with Gasteiger partial charge >= 0.3 is 5.97 Å². The average Bonchev–Trinajstić information content (AvgIpc) is 2.86. The number of hydrogen-bond acceptors (Lipinski definition) is 8. The summed E-state index contributed by atoms with van der Waals surface area (Å²) in [5.41, 5.74) is 0.268. The molecule has 1 aromatic rings. The Kier molecular flexibility index (Phi) is 10.8. The maximum Gasteiger partial charge on any atom is 0.359 e. The van der Waals surface area contributed by atoms with E-state index in [0.717, 1.165) is 19.6 Å². The number of hydrogen-bond donors (Lipinski definition) is 1. The van der Waals surface area contributed by atoms with E-state index in [1.807, 2.05) is 27.7 Å². The summed E-state index contributed by atoms with van der Waals surface area (Å²) in [5.74, 6) is -1.41. The molecule has 0 aromatic heterocycles. The number of aliphatic hydroxyl groups is 1. The lowest BCUT2D eigenvalue weighted by Gasteiger charge is -2.52. The van der Waals surface area contributed by atoms with Crippen molar-refractivity contribution in [3.05, 3.63) is 51.4 Å². The molecule has 11 heteroatoms. The minimum Gasteiger partial charge on any atom is -0.510 e. The molecule has 0 bridgehead atoms. The van der Waals surface area contributed by atoms with Gasteiger partial charge in [0.15, 0.2) is 18.2 Å². The van der Waals surface area contributed by atoms with Crippen molar-refractivity contribution >= 4 is 17.6 Å². The van der Waals surface area contributed by atoms with E-state index in [1.54, 1.807) is 6.92 Å². The Hall–Kier alpha value is -3.02. The van der Waals surface area contributed by atoms with Crippen molar-refractivity contribution in [3.63, 3.8) is 0 Å². The summed E-state index contributed by atoms with van der Waals surface area (Å²) in [5, 5.41) is 21.8. The lowest BCUT2D eigenvalue weighted by Crippen LogP contribution is -2.70. The Morgan fingerprint density at radius 2 is 1.78 bits per heavy atom. The van der Waals surface area contributed by atoms with Gasteiger partial charge in [0.25, 0.3) is 5.69 Å². The molecule has 1 aliphatic rings. The monoisotopic (exact) mass is 508 g/mol. The number of rotatable bonds is 15. The second-order valence-corrected chi connectivity index (χ2v) is 8.55. The zero-order valence-electron chi connectivity index (χ0n) is 21.8. The number of quaternary nitrogens is 1. The van der Waals surface area contributed by atoms with Gasteiger partial charge in [0.1, 0.15) is 18.8 Å². The Morgan fingerprint density at radius 3 is 2.28 bits per heavy atom. The van der Waals surface area contributed by atoms with Crippen LogP contribution in [0.15, 0.2) is 35.7 Å². The van der Waals surface area contributed by atoms with E-state index < -0.39 is 17.2 Å². The molecular formula is C25H38N3O8+. The second-order valence-electron chi connectivity index (χ2n) is 8.55. The summed E-state index contributed by atoms with van der Waals surface area (Å²) < 4.78 is 16.9. The first-order chi connectivity index (χ1) is 17.1. The van der Waals surface area contributed by atoms with Crippen LogP contribution < -0.4 is 0 Å². The number of esters is 1. The van der Waals surface area contributed by atoms with Gasteiger partial charge in [0.05, 0.1) is 31.2 Å². The van der Waals surface area contributed by atoms with Gasteiger partial charge in [-0.3, -0.25) is 19.8 Å². The zero-order chi connectivity index (χ0) is 26.9. The highest BCUT2D eigenvalue weighted by Crippen LogP contribution is 2.34. The number of nitro benzene ring substituents is 1. The first-order valence-corrected chi connectivity index (χ1v) is 12.4. The molecule has 0 aliphatic carbocycles. The fourth-order valence-corrected chi connectivity index (χ4v) is 4.42. The first kappa shape index (κ1) is 29.2. The minimum atomic E-state index is -0.844. The van der Waals surface area contributed by atoms with Gasteiger partial charge in [-0.15, -0.1) is 0 Å². The number of nitro groups is 1. The smallest absolute Gasteiger partial charge is 0.359 e. The molecule has 0 radical (unpaired) electrons. The second kappa shape index (κ2) is 13.3. The van der Waals surface area contributed by atoms with Crippen LogP contribution in [-0.4, -0.2) is 76.6 Å². The van der Waals surface area contributed by atoms with E-state index in [2.05, 4.69) is 0 Å². The maximum atomic E-state index is 13.2. The van der Waals surface area contributed by atoms with Crippen LogP contribution in [-0.2, 0) is 30.4 Å². The Labute approximate surface area is 212 Å². The van der Waals surface area contributed by atoms with Crippen LogP contribution >= 0.6 is 0 Å². The summed E-state index contributed by atoms with van der Waals surface area (Å²) in [7, 11) is 0. The predicted octanol–water partition coefficient (Wildman–Crippen LogP) is 3.63. The molecule has 1 amide bonds. The molecule has 1 aromatic carbocycles. The number of aliphatic hydroxyl groups excluding tert-OH is 1. The number of amides is 1. The molecule has 0 spiro atoms. The normalized spacial score (nSPS) is 17.3. The number of nitrogens with zero attached hydrogens (tertiary/aromatic N) is 3. The quantitative estimate of drug-likeness (QED) is 0.0556. The molecule has 36 heavy (non-hydrogen) atoms. The zero-order valence-corrected chi connectivity index (χ0v) is 21.8. The lowest BCUT2D eigenvalue weighted by molar-refractivity contribution is -0.958. The molecule has 1 fully saturated rings. The number of β-lactam (4-membered cyclic amide) rings is 1. The van der Waals surface area contributed by atoms with Gasteiger partial charge in [-0.25, -0.2) is 4.79 Å². The van der Waals surface area contributed by atoms with Gasteiger partial charge < -0.3 is 23.8 Å². The van der Waals surface area contributed by atoms with Crippen molar-refractivity contribution in [2.24, 2.45) is 0 Å². The van der Waals surface area contributed by atoms with Crippen LogP contribution in [0.2, 0.25) is 0 Å². The third-order valence-corrected chi connectivity index (χ3v) is 6.76. The third-order valence-electron chi connectivity index (χ3n) is 6.76. The molecule has 1 heterocycles. The summed E-state index contributed by atoms with van der Waals surface area (Å²) in [6, 6.07) is 5.61. The van der Waals surface area contributed by atoms with Crippen LogP contribution in [0.3, 0.4) is 0 Å². The van der Waals surface area contributed by atoms with E-state index in [4.69, 9.17) is 14.2 Å². The van der Waals surface area contributed by atoms with Gasteiger partial charge in [0.2, 0.25) is 5.91 Å². The number of carbonyl (C=O) groups is 2. The molecular weight excluding hydrogens is 470 g/mol. The van der Waals surface area contributed by atoms with Crippen LogP contribution in [0.5, 0.6) is 0 Å². The van der Waals surface area contributed by atoms with Crippen molar-refractivity contribution in [1.82, 2.24) is 4.90 Å². The topological polar surface area (TPSA) is 128 Å². The standard InChI is InChI=1S/C25H37N3O8/c1-6-28(7-2,8-3)22-16-23(30)26(22)24(21(29)14-15-35-18(5)34-9-4)25(31)36-17-19-10-12-20(13-11-19)27(32)33/h10-13,18,22H,6-9,14-17H2,1-5H3/p+1. The average molecular weight is 509 g/mol. The van der Waals surface area contributed by atoms with Crippen molar-refractivity contribution in [2.45, 2.75) is 66.5 Å². The van der Waals surface area contributed by atoms with E-state index in [-0.39, 0.29) is 55.3 Å². The van der Waals surface area contributed by atoms with Crippen molar-refractivity contribution < 1.29 is 38.3 Å². The SMILES string of the molecule is CCOC(C)OCC/C(O)=C(/C(=O)OCc1ccc([N+](=O)[O-])cc1)N1C(=O)CC1[N+](CC)(CC)CC. The fraction of sp³-hybridized carbons (Fsp3) is 0.600. The van der Waals surface area contributed by atoms with Crippen LogP contribution in [0.1, 0.15) is 53.0 Å². The number of likely N-dealkylation sites (tertiary alicyclic amines) is 1. The number of benzene rings is 1. The fourth-order valence-electron chi connectivity index (χ4n) is 4.42. The highest BCUT2D eigenvalue weighted by Gasteiger charge is 2.52. The Bertz CT molecular complexity index is 935.